The number of nitrogens with one attached hydrogen (secondary N) is 3. The van der Waals surface area contributed by atoms with Crippen molar-refractivity contribution in [1.29, 1.82) is 0 Å². The van der Waals surface area contributed by atoms with Crippen molar-refractivity contribution in [2.24, 2.45) is 11.3 Å². The molecule has 3 N–H and O–H groups in total. The molecule has 5 nitrogen and oxygen atoms in total. The number of amides is 2. The van der Waals surface area contributed by atoms with Gasteiger partial charge in [-0.15, -0.1) is 0 Å². The Hall–Kier alpha value is -1.88. The normalized spacial score (nSPS) is 21.3. The maximum absolute atomic E-state index is 12.7. The molecule has 2 amide bonds. The van der Waals surface area contributed by atoms with Crippen molar-refractivity contribution in [2.45, 2.75) is 20.3 Å². The predicted octanol–water partition coefficient (Wildman–Crippen LogP) is 1.62. The molecule has 114 valence electrons. The molecular formula is C16H23N3O2. The van der Waals surface area contributed by atoms with Crippen LogP contribution in [-0.2, 0) is 4.79 Å². The molecule has 1 aliphatic heterocycles. The lowest BCUT2D eigenvalue weighted by Crippen LogP contribution is -2.42. The molecule has 0 aromatic heterocycles. The van der Waals surface area contributed by atoms with Gasteiger partial charge in [0.25, 0.3) is 5.91 Å². The van der Waals surface area contributed by atoms with Crippen LogP contribution in [0.2, 0.25) is 0 Å². The van der Waals surface area contributed by atoms with Crippen LogP contribution in [0.1, 0.15) is 30.6 Å². The molecule has 1 aromatic rings. The Morgan fingerprint density at radius 3 is 2.67 bits per heavy atom. The van der Waals surface area contributed by atoms with Crippen molar-refractivity contribution < 1.29 is 9.59 Å². The number of rotatable bonds is 4. The first-order chi connectivity index (χ1) is 9.99. The minimum atomic E-state index is -0.372. The third-order valence-corrected chi connectivity index (χ3v) is 4.36. The van der Waals surface area contributed by atoms with Crippen LogP contribution in [0.3, 0.4) is 0 Å². The lowest BCUT2D eigenvalue weighted by atomic mass is 9.75. The molecule has 1 unspecified atom stereocenters. The second kappa shape index (κ2) is 6.26. The van der Waals surface area contributed by atoms with Crippen molar-refractivity contribution >= 4 is 17.5 Å². The number of benzene rings is 1. The van der Waals surface area contributed by atoms with Crippen molar-refractivity contribution in [2.75, 3.05) is 25.5 Å². The molecule has 1 heterocycles. The summed E-state index contributed by atoms with van der Waals surface area (Å²) in [7, 11) is 1.59. The Kier molecular flexibility index (Phi) is 4.63. The minimum Gasteiger partial charge on any atom is -0.355 e. The average Bonchev–Trinajstić information content (AvgIpc) is 2.97. The van der Waals surface area contributed by atoms with E-state index in [-0.39, 0.29) is 23.1 Å². The third kappa shape index (κ3) is 3.08. The molecule has 0 saturated carbocycles. The third-order valence-electron chi connectivity index (χ3n) is 4.36. The second-order valence-electron chi connectivity index (χ2n) is 5.85. The number of carbonyl (C=O) groups is 2. The molecular weight excluding hydrogens is 266 g/mol. The van der Waals surface area contributed by atoms with Gasteiger partial charge in [-0.1, -0.05) is 19.9 Å². The van der Waals surface area contributed by atoms with E-state index in [1.807, 2.05) is 0 Å². The first-order valence-electron chi connectivity index (χ1n) is 7.34. The zero-order chi connectivity index (χ0) is 15.5. The molecule has 1 aliphatic rings. The smallest absolute Gasteiger partial charge is 0.251 e. The van der Waals surface area contributed by atoms with Gasteiger partial charge in [0.2, 0.25) is 5.91 Å². The Bertz CT molecular complexity index is 534. The van der Waals surface area contributed by atoms with E-state index < -0.39 is 0 Å². The molecule has 1 fully saturated rings. The lowest BCUT2D eigenvalue weighted by Gasteiger charge is -2.31. The van der Waals surface area contributed by atoms with Crippen LogP contribution in [0.25, 0.3) is 0 Å². The molecule has 0 radical (unpaired) electrons. The van der Waals surface area contributed by atoms with E-state index in [1.54, 1.807) is 31.3 Å². The van der Waals surface area contributed by atoms with Crippen LogP contribution in [0.5, 0.6) is 0 Å². The van der Waals surface area contributed by atoms with Gasteiger partial charge in [0.05, 0.1) is 5.41 Å². The fraction of sp³-hybridized carbons (Fsp3) is 0.500. The number of carbonyl (C=O) groups excluding carboxylic acids is 2. The van der Waals surface area contributed by atoms with Gasteiger partial charge in [0, 0.05) is 24.8 Å². The highest BCUT2D eigenvalue weighted by atomic mass is 16.2. The molecule has 2 rings (SSSR count). The zero-order valence-corrected chi connectivity index (χ0v) is 12.8. The van der Waals surface area contributed by atoms with Crippen LogP contribution in [-0.4, -0.2) is 32.0 Å². The van der Waals surface area contributed by atoms with Crippen LogP contribution < -0.4 is 16.0 Å². The summed E-state index contributed by atoms with van der Waals surface area (Å²) in [4.78, 5) is 24.3. The van der Waals surface area contributed by atoms with Crippen LogP contribution in [0, 0.1) is 11.3 Å². The van der Waals surface area contributed by atoms with Gasteiger partial charge >= 0.3 is 0 Å². The highest BCUT2D eigenvalue weighted by molar-refractivity contribution is 5.99. The fourth-order valence-electron chi connectivity index (χ4n) is 2.80. The quantitative estimate of drug-likeness (QED) is 0.789. The highest BCUT2D eigenvalue weighted by Crippen LogP contribution is 2.35. The molecule has 0 aliphatic carbocycles. The zero-order valence-electron chi connectivity index (χ0n) is 12.8. The van der Waals surface area contributed by atoms with Crippen LogP contribution in [0.15, 0.2) is 24.3 Å². The van der Waals surface area contributed by atoms with Gasteiger partial charge in [0.15, 0.2) is 0 Å². The average molecular weight is 289 g/mol. The summed E-state index contributed by atoms with van der Waals surface area (Å²) >= 11 is 0. The number of hydrogen-bond donors (Lipinski definition) is 3. The molecule has 1 aromatic carbocycles. The Morgan fingerprint density at radius 2 is 2.10 bits per heavy atom. The molecule has 1 atom stereocenters. The molecule has 21 heavy (non-hydrogen) atoms. The summed E-state index contributed by atoms with van der Waals surface area (Å²) in [5.41, 5.74) is 0.828. The van der Waals surface area contributed by atoms with E-state index in [2.05, 4.69) is 29.8 Å². The first kappa shape index (κ1) is 15.5. The monoisotopic (exact) mass is 289 g/mol. The SMILES string of the molecule is CNC(=O)c1cccc(NC(=O)C2(C(C)C)CCNC2)c1. The van der Waals surface area contributed by atoms with Crippen molar-refractivity contribution in [3.63, 3.8) is 0 Å². The lowest BCUT2D eigenvalue weighted by molar-refractivity contribution is -0.126. The maximum Gasteiger partial charge on any atom is 0.251 e. The van der Waals surface area contributed by atoms with Crippen molar-refractivity contribution in [1.82, 2.24) is 10.6 Å². The largest absolute Gasteiger partial charge is 0.355 e. The second-order valence-corrected chi connectivity index (χ2v) is 5.85. The summed E-state index contributed by atoms with van der Waals surface area (Å²) < 4.78 is 0. The Balaban J connectivity index is 2.17. The molecule has 5 heteroatoms. The van der Waals surface area contributed by atoms with Gasteiger partial charge in [-0.25, -0.2) is 0 Å². The van der Waals surface area contributed by atoms with Gasteiger partial charge in [-0.05, 0) is 37.1 Å². The fourth-order valence-corrected chi connectivity index (χ4v) is 2.80. The maximum atomic E-state index is 12.7. The molecule has 0 spiro atoms. The predicted molar refractivity (Wildman–Crippen MR) is 83.2 cm³/mol. The van der Waals surface area contributed by atoms with E-state index in [9.17, 15) is 9.59 Å². The van der Waals surface area contributed by atoms with Crippen molar-refractivity contribution in [3.05, 3.63) is 29.8 Å². The highest BCUT2D eigenvalue weighted by Gasteiger charge is 2.43. The van der Waals surface area contributed by atoms with E-state index in [1.165, 1.54) is 0 Å². The van der Waals surface area contributed by atoms with Gasteiger partial charge < -0.3 is 16.0 Å². The van der Waals surface area contributed by atoms with Crippen molar-refractivity contribution in [3.8, 4) is 0 Å². The minimum absolute atomic E-state index is 0.0246. The standard InChI is InChI=1S/C16H23N3O2/c1-11(2)16(7-8-18-10-16)15(21)19-13-6-4-5-12(9-13)14(20)17-3/h4-6,9,11,18H,7-8,10H2,1-3H3,(H,17,20)(H,19,21). The van der Waals surface area contributed by atoms with Gasteiger partial charge in [-0.3, -0.25) is 9.59 Å². The summed E-state index contributed by atoms with van der Waals surface area (Å²) in [5.74, 6) is 0.124. The topological polar surface area (TPSA) is 70.2 Å². The van der Waals surface area contributed by atoms with E-state index in [0.29, 0.717) is 17.8 Å². The van der Waals surface area contributed by atoms with E-state index in [0.717, 1.165) is 13.0 Å². The summed E-state index contributed by atoms with van der Waals surface area (Å²) in [6, 6.07) is 7.01. The first-order valence-corrected chi connectivity index (χ1v) is 7.34. The van der Waals surface area contributed by atoms with E-state index in [4.69, 9.17) is 0 Å². The summed E-state index contributed by atoms with van der Waals surface area (Å²) in [5, 5.41) is 8.82. The van der Waals surface area contributed by atoms with Gasteiger partial charge in [0.1, 0.15) is 0 Å². The van der Waals surface area contributed by atoms with Crippen LogP contribution in [0.4, 0.5) is 5.69 Å². The van der Waals surface area contributed by atoms with Gasteiger partial charge in [-0.2, -0.15) is 0 Å². The Labute approximate surface area is 125 Å². The summed E-state index contributed by atoms with van der Waals surface area (Å²) in [6.45, 7) is 5.72. The number of hydrogen-bond acceptors (Lipinski definition) is 3. The Morgan fingerprint density at radius 1 is 1.33 bits per heavy atom. The molecule has 0 bridgehead atoms. The molecule has 1 saturated heterocycles. The van der Waals surface area contributed by atoms with E-state index >= 15 is 0 Å². The van der Waals surface area contributed by atoms with Crippen LogP contribution >= 0.6 is 0 Å². The number of anilines is 1. The summed E-state index contributed by atoms with van der Waals surface area (Å²) in [6.07, 6.45) is 0.839.